The summed E-state index contributed by atoms with van der Waals surface area (Å²) in [7, 11) is -3.41. The number of aryl methyl sites for hydroxylation is 1. The molecule has 1 aliphatic heterocycles. The van der Waals surface area contributed by atoms with Gasteiger partial charge < -0.3 is 0 Å². The molecule has 1 heterocycles. The molecule has 0 amide bonds. The smallest absolute Gasteiger partial charge is 0.291 e. The molecule has 2 rings (SSSR count). The van der Waals surface area contributed by atoms with E-state index in [-0.39, 0.29) is 5.96 Å². The third kappa shape index (κ3) is 2.87. The standard InChI is InChI=1S/C12H18N4O2S/c1-10-2-4-11(5-3-10)19(17,18)16-8-6-15(7-9-16)12(13)14/h2-5H,6-9H2,1H3,(H3,13,14)/p+1. The molecule has 0 aromatic heterocycles. The van der Waals surface area contributed by atoms with Gasteiger partial charge in [0.15, 0.2) is 0 Å². The fourth-order valence-corrected chi connectivity index (χ4v) is 3.47. The molecule has 1 saturated heterocycles. The molecule has 4 N–H and O–H groups in total. The number of sulfonamides is 1. The van der Waals surface area contributed by atoms with E-state index in [0.717, 1.165) is 5.56 Å². The fourth-order valence-electron chi connectivity index (χ4n) is 2.05. The van der Waals surface area contributed by atoms with Gasteiger partial charge in [-0.05, 0) is 19.1 Å². The van der Waals surface area contributed by atoms with Crippen molar-refractivity contribution in [3.63, 3.8) is 0 Å². The van der Waals surface area contributed by atoms with Gasteiger partial charge in [-0.2, -0.15) is 4.31 Å². The molecule has 0 saturated carbocycles. The highest BCUT2D eigenvalue weighted by Gasteiger charge is 2.28. The van der Waals surface area contributed by atoms with Crippen molar-refractivity contribution in [2.45, 2.75) is 11.8 Å². The first-order valence-corrected chi connectivity index (χ1v) is 7.55. The molecule has 0 radical (unpaired) electrons. The molecule has 0 unspecified atom stereocenters. The average molecular weight is 283 g/mol. The van der Waals surface area contributed by atoms with E-state index < -0.39 is 10.0 Å². The Hall–Kier alpha value is -1.60. The van der Waals surface area contributed by atoms with Crippen LogP contribution >= 0.6 is 0 Å². The van der Waals surface area contributed by atoms with Crippen molar-refractivity contribution in [2.75, 3.05) is 26.2 Å². The number of benzene rings is 1. The normalized spacial score (nSPS) is 17.4. The molecule has 1 fully saturated rings. The van der Waals surface area contributed by atoms with Gasteiger partial charge in [-0.3, -0.25) is 16.0 Å². The Labute approximate surface area is 113 Å². The number of nitrogens with two attached hydrogens (primary N) is 2. The Morgan fingerprint density at radius 2 is 1.68 bits per heavy atom. The minimum atomic E-state index is -3.41. The van der Waals surface area contributed by atoms with Crippen LogP contribution in [0.15, 0.2) is 29.2 Å². The molecule has 1 aromatic carbocycles. The van der Waals surface area contributed by atoms with Crippen molar-refractivity contribution in [3.05, 3.63) is 29.8 Å². The highest BCUT2D eigenvalue weighted by atomic mass is 32.2. The van der Waals surface area contributed by atoms with Gasteiger partial charge in [0.2, 0.25) is 10.0 Å². The summed E-state index contributed by atoms with van der Waals surface area (Å²) >= 11 is 0. The summed E-state index contributed by atoms with van der Waals surface area (Å²) in [5.41, 5.74) is 12.0. The van der Waals surface area contributed by atoms with Crippen molar-refractivity contribution in [2.24, 2.45) is 11.5 Å². The first-order chi connectivity index (χ1) is 8.91. The second kappa shape index (κ2) is 5.18. The highest BCUT2D eigenvalue weighted by molar-refractivity contribution is 7.89. The molecule has 0 bridgehead atoms. The number of piperazine rings is 1. The average Bonchev–Trinajstić information content (AvgIpc) is 2.39. The molecule has 1 aliphatic rings. The second-order valence-corrected chi connectivity index (χ2v) is 6.57. The van der Waals surface area contributed by atoms with Gasteiger partial charge in [-0.1, -0.05) is 17.7 Å². The summed E-state index contributed by atoms with van der Waals surface area (Å²) in [6.07, 6.45) is 0. The number of guanidine groups is 1. The van der Waals surface area contributed by atoms with Crippen molar-refractivity contribution < 1.29 is 13.0 Å². The van der Waals surface area contributed by atoms with Gasteiger partial charge in [-0.25, -0.2) is 8.42 Å². The number of nitrogens with zero attached hydrogens (tertiary/aromatic N) is 2. The second-order valence-electron chi connectivity index (χ2n) is 4.63. The first kappa shape index (κ1) is 13.8. The zero-order valence-corrected chi connectivity index (χ0v) is 11.7. The fraction of sp³-hybridized carbons (Fsp3) is 0.417. The van der Waals surface area contributed by atoms with Crippen LogP contribution in [0.5, 0.6) is 0 Å². The van der Waals surface area contributed by atoms with E-state index in [0.29, 0.717) is 31.1 Å². The van der Waals surface area contributed by atoms with Crippen LogP contribution in [0.3, 0.4) is 0 Å². The van der Waals surface area contributed by atoms with E-state index in [1.54, 1.807) is 28.8 Å². The van der Waals surface area contributed by atoms with E-state index in [4.69, 9.17) is 11.5 Å². The lowest BCUT2D eigenvalue weighted by atomic mass is 10.2. The van der Waals surface area contributed by atoms with Gasteiger partial charge in [0.05, 0.1) is 18.0 Å². The van der Waals surface area contributed by atoms with Gasteiger partial charge in [0.25, 0.3) is 0 Å². The molecule has 19 heavy (non-hydrogen) atoms. The van der Waals surface area contributed by atoms with Crippen LogP contribution in [0.1, 0.15) is 5.56 Å². The zero-order chi connectivity index (χ0) is 14.0. The minimum Gasteiger partial charge on any atom is -0.291 e. The van der Waals surface area contributed by atoms with Crippen LogP contribution in [0.2, 0.25) is 0 Å². The quantitative estimate of drug-likeness (QED) is 0.554. The predicted octanol–water partition coefficient (Wildman–Crippen LogP) is -0.715. The monoisotopic (exact) mass is 283 g/mol. The van der Waals surface area contributed by atoms with Crippen LogP contribution in [-0.4, -0.2) is 49.4 Å². The number of hydrogen-bond donors (Lipinski definition) is 2. The maximum Gasteiger partial charge on any atom is 0.341 e. The van der Waals surface area contributed by atoms with Gasteiger partial charge in [0, 0.05) is 13.1 Å². The lowest BCUT2D eigenvalue weighted by molar-refractivity contribution is -0.538. The Bertz CT molecular complexity index is 579. The molecule has 1 aromatic rings. The van der Waals surface area contributed by atoms with E-state index >= 15 is 0 Å². The molecule has 0 atom stereocenters. The van der Waals surface area contributed by atoms with Crippen LogP contribution in [-0.2, 0) is 10.0 Å². The summed E-state index contributed by atoms with van der Waals surface area (Å²) in [6, 6.07) is 6.88. The number of rotatable bonds is 2. The lowest BCUT2D eigenvalue weighted by Crippen LogP contribution is -2.49. The molecule has 104 valence electrons. The van der Waals surface area contributed by atoms with E-state index in [9.17, 15) is 8.42 Å². The zero-order valence-electron chi connectivity index (χ0n) is 10.9. The molecule has 6 nitrogen and oxygen atoms in total. The van der Waals surface area contributed by atoms with Gasteiger partial charge in [0.1, 0.15) is 0 Å². The van der Waals surface area contributed by atoms with E-state index in [1.165, 1.54) is 4.31 Å². The van der Waals surface area contributed by atoms with E-state index in [2.05, 4.69) is 0 Å². The maximum atomic E-state index is 12.4. The molecular weight excluding hydrogens is 264 g/mol. The Morgan fingerprint density at radius 1 is 1.16 bits per heavy atom. The SMILES string of the molecule is Cc1ccc(S(=O)(=O)N2CC[N+](=C(N)N)CC2)cc1. The summed E-state index contributed by atoms with van der Waals surface area (Å²) in [6.45, 7) is 3.76. The highest BCUT2D eigenvalue weighted by Crippen LogP contribution is 2.17. The maximum absolute atomic E-state index is 12.4. The van der Waals surface area contributed by atoms with Crippen LogP contribution in [0, 0.1) is 6.92 Å². The third-order valence-corrected chi connectivity index (χ3v) is 5.18. The van der Waals surface area contributed by atoms with Crippen molar-refractivity contribution in [1.82, 2.24) is 4.31 Å². The van der Waals surface area contributed by atoms with Crippen LogP contribution in [0.4, 0.5) is 0 Å². The third-order valence-electron chi connectivity index (χ3n) is 3.26. The van der Waals surface area contributed by atoms with Crippen LogP contribution in [0.25, 0.3) is 0 Å². The largest absolute Gasteiger partial charge is 0.341 e. The Morgan fingerprint density at radius 3 is 2.16 bits per heavy atom. The molecule has 0 aliphatic carbocycles. The molecular formula is C12H19N4O2S+. The van der Waals surface area contributed by atoms with Crippen molar-refractivity contribution in [1.29, 1.82) is 0 Å². The Kier molecular flexibility index (Phi) is 3.77. The number of hydrogen-bond acceptors (Lipinski definition) is 2. The van der Waals surface area contributed by atoms with Crippen LogP contribution < -0.4 is 11.5 Å². The van der Waals surface area contributed by atoms with E-state index in [1.807, 2.05) is 6.92 Å². The first-order valence-electron chi connectivity index (χ1n) is 6.11. The minimum absolute atomic E-state index is 0.243. The predicted molar refractivity (Wildman–Crippen MR) is 73.3 cm³/mol. The summed E-state index contributed by atoms with van der Waals surface area (Å²) in [5.74, 6) is 0.243. The molecule has 7 heteroatoms. The van der Waals surface area contributed by atoms with Gasteiger partial charge in [-0.15, -0.1) is 0 Å². The van der Waals surface area contributed by atoms with Gasteiger partial charge >= 0.3 is 5.96 Å². The topological polar surface area (TPSA) is 92.4 Å². The summed E-state index contributed by atoms with van der Waals surface area (Å²) < 4.78 is 28.1. The Balaban J connectivity index is 2.18. The van der Waals surface area contributed by atoms with Crippen molar-refractivity contribution >= 4 is 16.0 Å². The summed E-state index contributed by atoms with van der Waals surface area (Å²) in [4.78, 5) is 0.330. The lowest BCUT2D eigenvalue weighted by Gasteiger charge is -2.27. The summed E-state index contributed by atoms with van der Waals surface area (Å²) in [5, 5.41) is 0. The van der Waals surface area contributed by atoms with Crippen molar-refractivity contribution in [3.8, 4) is 0 Å². The molecule has 0 spiro atoms.